The Kier molecular flexibility index (Phi) is 7.65. The van der Waals surface area contributed by atoms with Crippen LogP contribution in [-0.4, -0.2) is 85.5 Å². The zero-order valence-electron chi connectivity index (χ0n) is 23.9. The number of likely N-dealkylation sites (N-methyl/N-ethyl adjacent to an activating group) is 1. The monoisotopic (exact) mass is 575 g/mol. The number of fused-ring (bicyclic) bond motifs is 3. The van der Waals surface area contributed by atoms with E-state index >= 15 is 0 Å². The van der Waals surface area contributed by atoms with E-state index in [1.54, 1.807) is 10.6 Å². The second kappa shape index (κ2) is 11.4. The highest BCUT2D eigenvalue weighted by Gasteiger charge is 2.26. The van der Waals surface area contributed by atoms with Crippen molar-refractivity contribution < 1.29 is 9.00 Å². The van der Waals surface area contributed by atoms with Crippen LogP contribution in [0.1, 0.15) is 43.2 Å². The van der Waals surface area contributed by atoms with Crippen molar-refractivity contribution in [2.24, 2.45) is 0 Å². The standard InChI is InChI=1S/C30H37N7O3S/c1-20-9-12-26(21(2)17-20)41(40)30-28-31-29(39)24-11-10-23(18-25(24)37(28)33-32-30)36-15-13-35(14-16-36)19-27(38)34(3)22-7-5-4-6-8-22/h9-12,17-18,22,33H,4-8,13-16,19H2,1-3H3. The van der Waals surface area contributed by atoms with Crippen molar-refractivity contribution >= 4 is 38.9 Å². The van der Waals surface area contributed by atoms with Crippen LogP contribution in [0.3, 0.4) is 0 Å². The van der Waals surface area contributed by atoms with Gasteiger partial charge in [0, 0.05) is 49.9 Å². The van der Waals surface area contributed by atoms with Crippen LogP contribution < -0.4 is 10.5 Å². The highest BCUT2D eigenvalue weighted by Crippen LogP contribution is 2.26. The second-order valence-electron chi connectivity index (χ2n) is 11.4. The second-order valence-corrected chi connectivity index (χ2v) is 12.8. The predicted octanol–water partition coefficient (Wildman–Crippen LogP) is 3.27. The van der Waals surface area contributed by atoms with Crippen molar-refractivity contribution in [1.29, 1.82) is 0 Å². The molecule has 2 fully saturated rings. The van der Waals surface area contributed by atoms with Gasteiger partial charge in [0.25, 0.3) is 5.56 Å². The average molecular weight is 576 g/mol. The van der Waals surface area contributed by atoms with Crippen LogP contribution in [0.25, 0.3) is 16.6 Å². The summed E-state index contributed by atoms with van der Waals surface area (Å²) in [5.41, 5.74) is 3.49. The van der Waals surface area contributed by atoms with E-state index in [2.05, 4.69) is 25.1 Å². The lowest BCUT2D eigenvalue weighted by Gasteiger charge is -2.37. The number of carbonyl (C=O) groups excluding carboxylic acids is 1. The first-order valence-electron chi connectivity index (χ1n) is 14.4. The predicted molar refractivity (Wildman–Crippen MR) is 160 cm³/mol. The van der Waals surface area contributed by atoms with Crippen LogP contribution >= 0.6 is 0 Å². The topological polar surface area (TPSA) is 107 Å². The molecule has 4 aromatic rings. The minimum absolute atomic E-state index is 0.207. The third-order valence-corrected chi connectivity index (χ3v) is 10.1. The van der Waals surface area contributed by atoms with Crippen LogP contribution in [0.5, 0.6) is 0 Å². The Bertz CT molecular complexity index is 1680. The minimum atomic E-state index is -1.60. The van der Waals surface area contributed by atoms with Gasteiger partial charge < -0.3 is 9.80 Å². The SMILES string of the molecule is Cc1ccc(S(=O)c2n[nH]n3c2nc(=O)c2ccc(N4CCN(CC(=O)N(C)C5CCCCC5)CC4)cc23)c(C)c1. The zero-order valence-corrected chi connectivity index (χ0v) is 24.7. The molecule has 0 bridgehead atoms. The molecule has 1 aliphatic heterocycles. The van der Waals surface area contributed by atoms with E-state index in [-0.39, 0.29) is 22.1 Å². The summed E-state index contributed by atoms with van der Waals surface area (Å²) in [7, 11) is 0.361. The number of aryl methyl sites for hydroxylation is 2. The highest BCUT2D eigenvalue weighted by molar-refractivity contribution is 7.85. The minimum Gasteiger partial charge on any atom is -0.369 e. The van der Waals surface area contributed by atoms with E-state index in [0.29, 0.717) is 28.4 Å². The van der Waals surface area contributed by atoms with E-state index in [0.717, 1.165) is 55.8 Å². The fraction of sp³-hybridized carbons (Fsp3) is 0.467. The van der Waals surface area contributed by atoms with Crippen LogP contribution in [0, 0.1) is 13.8 Å². The Balaban J connectivity index is 1.20. The van der Waals surface area contributed by atoms with Crippen LogP contribution in [-0.2, 0) is 15.6 Å². The van der Waals surface area contributed by atoms with Crippen molar-refractivity contribution in [2.75, 3.05) is 44.7 Å². The van der Waals surface area contributed by atoms with Gasteiger partial charge in [-0.3, -0.25) is 14.5 Å². The van der Waals surface area contributed by atoms with E-state index in [4.69, 9.17) is 0 Å². The molecule has 1 saturated heterocycles. The third kappa shape index (κ3) is 5.40. The van der Waals surface area contributed by atoms with Gasteiger partial charge in [-0.05, 0) is 56.5 Å². The number of H-pyrrole nitrogens is 1. The van der Waals surface area contributed by atoms with Crippen LogP contribution in [0.2, 0.25) is 0 Å². The lowest BCUT2D eigenvalue weighted by molar-refractivity contribution is -0.133. The molecule has 2 aliphatic rings. The average Bonchev–Trinajstić information content (AvgIpc) is 3.41. The number of piperazine rings is 1. The van der Waals surface area contributed by atoms with E-state index in [1.807, 2.05) is 56.1 Å². The molecule has 6 rings (SSSR count). The molecule has 1 atom stereocenters. The quantitative estimate of drug-likeness (QED) is 0.376. The summed E-state index contributed by atoms with van der Waals surface area (Å²) in [6.07, 6.45) is 5.93. The van der Waals surface area contributed by atoms with Gasteiger partial charge >= 0.3 is 0 Å². The Labute approximate surface area is 241 Å². The normalized spacial score (nSPS) is 17.8. The first-order chi connectivity index (χ1) is 19.8. The molecule has 3 heterocycles. The molecule has 41 heavy (non-hydrogen) atoms. The molecule has 216 valence electrons. The summed E-state index contributed by atoms with van der Waals surface area (Å²) >= 11 is 0. The maximum Gasteiger partial charge on any atom is 0.281 e. The van der Waals surface area contributed by atoms with Crippen molar-refractivity contribution in [3.05, 3.63) is 57.9 Å². The number of anilines is 1. The molecule has 2 aromatic carbocycles. The fourth-order valence-corrected chi connectivity index (χ4v) is 7.35. The largest absolute Gasteiger partial charge is 0.369 e. The summed E-state index contributed by atoms with van der Waals surface area (Å²) in [4.78, 5) is 37.3. The number of benzene rings is 2. The Morgan fingerprint density at radius 1 is 1.05 bits per heavy atom. The summed E-state index contributed by atoms with van der Waals surface area (Å²) < 4.78 is 15.1. The number of hydrogen-bond donors (Lipinski definition) is 1. The third-order valence-electron chi connectivity index (χ3n) is 8.63. The number of nitrogens with one attached hydrogen (secondary N) is 1. The number of aromatic amines is 1. The van der Waals surface area contributed by atoms with Gasteiger partial charge in [0.1, 0.15) is 10.8 Å². The molecule has 2 aromatic heterocycles. The summed E-state index contributed by atoms with van der Waals surface area (Å²) in [5.74, 6) is 0.207. The molecule has 11 heteroatoms. The fourth-order valence-electron chi connectivity index (χ4n) is 6.17. The smallest absolute Gasteiger partial charge is 0.281 e. The van der Waals surface area contributed by atoms with E-state index < -0.39 is 10.8 Å². The van der Waals surface area contributed by atoms with Crippen molar-refractivity contribution in [3.63, 3.8) is 0 Å². The number of carbonyl (C=O) groups is 1. The molecule has 1 N–H and O–H groups in total. The molecule has 0 radical (unpaired) electrons. The van der Waals surface area contributed by atoms with E-state index in [9.17, 15) is 13.8 Å². The van der Waals surface area contributed by atoms with Crippen LogP contribution in [0.4, 0.5) is 5.69 Å². The Morgan fingerprint density at radius 3 is 2.54 bits per heavy atom. The Hall–Kier alpha value is -3.57. The summed E-state index contributed by atoms with van der Waals surface area (Å²) in [6.45, 7) is 7.49. The lowest BCUT2D eigenvalue weighted by atomic mass is 9.94. The van der Waals surface area contributed by atoms with Gasteiger partial charge in [-0.25, -0.2) is 13.9 Å². The number of hydrogen-bond acceptors (Lipinski definition) is 7. The van der Waals surface area contributed by atoms with Gasteiger partial charge in [-0.15, -0.1) is 5.10 Å². The molecule has 10 nitrogen and oxygen atoms in total. The summed E-state index contributed by atoms with van der Waals surface area (Å²) in [5, 5.41) is 7.97. The lowest BCUT2D eigenvalue weighted by Crippen LogP contribution is -2.51. The maximum atomic E-state index is 13.5. The number of rotatable bonds is 6. The van der Waals surface area contributed by atoms with E-state index in [1.165, 1.54) is 19.3 Å². The molecule has 1 amide bonds. The number of nitrogens with zero attached hydrogens (tertiary/aromatic N) is 6. The van der Waals surface area contributed by atoms with Crippen LogP contribution in [0.15, 0.2) is 51.1 Å². The van der Waals surface area contributed by atoms with Gasteiger partial charge in [0.2, 0.25) is 5.91 Å². The molecular formula is C30H37N7O3S. The molecule has 1 aliphatic carbocycles. The van der Waals surface area contributed by atoms with Crippen molar-refractivity contribution in [3.8, 4) is 0 Å². The van der Waals surface area contributed by atoms with Gasteiger partial charge in [0.05, 0.1) is 17.4 Å². The maximum absolute atomic E-state index is 13.5. The Morgan fingerprint density at radius 2 is 1.80 bits per heavy atom. The molecular weight excluding hydrogens is 538 g/mol. The number of aromatic nitrogens is 4. The first-order valence-corrected chi connectivity index (χ1v) is 15.6. The highest BCUT2D eigenvalue weighted by atomic mass is 32.2. The van der Waals surface area contributed by atoms with Crippen molar-refractivity contribution in [2.45, 2.75) is 61.9 Å². The van der Waals surface area contributed by atoms with Gasteiger partial charge in [-0.1, -0.05) is 37.0 Å². The molecule has 0 spiro atoms. The number of amides is 1. The van der Waals surface area contributed by atoms with Gasteiger partial charge in [-0.2, -0.15) is 4.98 Å². The zero-order chi connectivity index (χ0) is 28.7. The van der Waals surface area contributed by atoms with Gasteiger partial charge in [0.15, 0.2) is 10.7 Å². The van der Waals surface area contributed by atoms with Crippen molar-refractivity contribution in [1.82, 2.24) is 29.6 Å². The summed E-state index contributed by atoms with van der Waals surface area (Å²) in [6, 6.07) is 11.8. The molecule has 1 unspecified atom stereocenters. The first kappa shape index (κ1) is 27.6. The molecule has 1 saturated carbocycles.